The van der Waals surface area contributed by atoms with Crippen molar-refractivity contribution >= 4 is 12.0 Å². The van der Waals surface area contributed by atoms with Crippen LogP contribution in [0, 0.1) is 31.1 Å². The molecule has 5 heteroatoms. The first-order chi connectivity index (χ1) is 7.88. The fraction of sp³-hybridized carbons (Fsp3) is 0.0833. The zero-order valence-electron chi connectivity index (χ0n) is 9.05. The van der Waals surface area contributed by atoms with E-state index in [0.717, 1.165) is 5.69 Å². The second-order valence-electron chi connectivity index (χ2n) is 3.21. The van der Waals surface area contributed by atoms with Crippen LogP contribution in [0.4, 0.5) is 5.69 Å². The van der Waals surface area contributed by atoms with E-state index in [9.17, 15) is 4.79 Å². The third kappa shape index (κ3) is 4.29. The van der Waals surface area contributed by atoms with Crippen molar-refractivity contribution in [3.8, 4) is 0 Å². The minimum atomic E-state index is 0. The second-order valence-corrected chi connectivity index (χ2v) is 3.21. The quantitative estimate of drug-likeness (QED) is 0.719. The number of anilines is 1. The number of para-hydroxylation sites is 1. The van der Waals surface area contributed by atoms with Crippen LogP contribution in [0.1, 0.15) is 11.4 Å². The Labute approximate surface area is 123 Å². The Balaban J connectivity index is 0.00000144. The molecule has 0 atom stereocenters. The van der Waals surface area contributed by atoms with Gasteiger partial charge in [0, 0.05) is 36.8 Å². The molecule has 2 aromatic rings. The van der Waals surface area contributed by atoms with Gasteiger partial charge in [0.2, 0.25) is 0 Å². The van der Waals surface area contributed by atoms with Crippen molar-refractivity contribution < 1.29 is 35.9 Å². The molecule has 2 rings (SSSR count). The summed E-state index contributed by atoms with van der Waals surface area (Å²) >= 11 is 0. The molecule has 0 amide bonds. The van der Waals surface area contributed by atoms with E-state index in [0.29, 0.717) is 17.9 Å². The molecule has 84 valence electrons. The normalized spacial score (nSPS) is 9.18. The third-order valence-corrected chi connectivity index (χ3v) is 2.05. The van der Waals surface area contributed by atoms with Gasteiger partial charge in [-0.2, -0.15) is 0 Å². The standard InChI is InChI=1S/C12H10N3O.U/c16-9-10-6-14-12(15-7-10)8-13-11-4-2-1-3-5-11;/h1-7,13H,8H2;/q-1;. The van der Waals surface area contributed by atoms with Gasteiger partial charge in [-0.15, -0.1) is 5.56 Å². The van der Waals surface area contributed by atoms with Crippen LogP contribution in [0.25, 0.3) is 0 Å². The largest absolute Gasteiger partial charge is 0.378 e. The molecule has 0 aliphatic heterocycles. The van der Waals surface area contributed by atoms with Crippen LogP contribution < -0.4 is 5.32 Å². The van der Waals surface area contributed by atoms with E-state index in [1.807, 2.05) is 30.3 Å². The molecule has 0 saturated carbocycles. The maximum absolute atomic E-state index is 10.3. The summed E-state index contributed by atoms with van der Waals surface area (Å²) in [6.07, 6.45) is 4.65. The monoisotopic (exact) mass is 450 g/mol. The molecule has 17 heavy (non-hydrogen) atoms. The molecule has 1 aromatic carbocycles. The molecular formula is C12H10N3OU-. The fourth-order valence-corrected chi connectivity index (χ4v) is 1.24. The molecule has 0 unspecified atom stereocenters. The average Bonchev–Trinajstić information content (AvgIpc) is 2.38. The van der Waals surface area contributed by atoms with Gasteiger partial charge in [0.05, 0.1) is 12.8 Å². The molecule has 0 radical (unpaired) electrons. The molecule has 0 bridgehead atoms. The topological polar surface area (TPSA) is 54.9 Å². The summed E-state index contributed by atoms with van der Waals surface area (Å²) in [6, 6.07) is 9.79. The number of rotatable bonds is 4. The molecule has 0 saturated heterocycles. The van der Waals surface area contributed by atoms with E-state index >= 15 is 0 Å². The first kappa shape index (κ1) is 13.9. The van der Waals surface area contributed by atoms with E-state index in [1.165, 1.54) is 12.4 Å². The van der Waals surface area contributed by atoms with Crippen LogP contribution in [0.5, 0.6) is 0 Å². The van der Waals surface area contributed by atoms with E-state index in [4.69, 9.17) is 0 Å². The molecule has 0 aliphatic carbocycles. The molecule has 0 aliphatic rings. The Bertz CT molecular complexity index is 459. The van der Waals surface area contributed by atoms with Crippen molar-refractivity contribution in [2.45, 2.75) is 6.54 Å². The van der Waals surface area contributed by atoms with Crippen LogP contribution >= 0.6 is 0 Å². The van der Waals surface area contributed by atoms with Crippen molar-refractivity contribution in [1.82, 2.24) is 9.97 Å². The van der Waals surface area contributed by atoms with Gasteiger partial charge in [-0.3, -0.25) is 0 Å². The van der Waals surface area contributed by atoms with E-state index in [1.54, 1.807) is 6.29 Å². The van der Waals surface area contributed by atoms with Gasteiger partial charge in [0.1, 0.15) is 5.82 Å². The van der Waals surface area contributed by atoms with Gasteiger partial charge in [-0.1, -0.05) is 30.6 Å². The number of benzene rings is 1. The number of hydrogen-bond acceptors (Lipinski definition) is 4. The van der Waals surface area contributed by atoms with Crippen LogP contribution in [0.3, 0.4) is 0 Å². The van der Waals surface area contributed by atoms with Crippen LogP contribution in [-0.4, -0.2) is 16.3 Å². The van der Waals surface area contributed by atoms with Crippen molar-refractivity contribution in [2.75, 3.05) is 5.32 Å². The van der Waals surface area contributed by atoms with Crippen molar-refractivity contribution in [3.63, 3.8) is 0 Å². The number of nitrogens with zero attached hydrogens (tertiary/aromatic N) is 2. The van der Waals surface area contributed by atoms with Gasteiger partial charge in [0.15, 0.2) is 0 Å². The summed E-state index contributed by atoms with van der Waals surface area (Å²) < 4.78 is 0. The minimum Gasteiger partial charge on any atom is -0.378 e. The average molecular weight is 450 g/mol. The smallest absolute Gasteiger partial charge is 0.122 e. The predicted molar refractivity (Wildman–Crippen MR) is 60.6 cm³/mol. The Morgan fingerprint density at radius 1 is 1.12 bits per heavy atom. The first-order valence-electron chi connectivity index (χ1n) is 4.86. The van der Waals surface area contributed by atoms with Crippen molar-refractivity contribution in [1.29, 1.82) is 0 Å². The van der Waals surface area contributed by atoms with Crippen molar-refractivity contribution in [3.05, 3.63) is 54.1 Å². The number of aromatic nitrogens is 2. The zero-order chi connectivity index (χ0) is 11.2. The molecule has 1 N–H and O–H groups in total. The van der Waals surface area contributed by atoms with Crippen LogP contribution in [0.2, 0.25) is 0 Å². The van der Waals surface area contributed by atoms with E-state index in [2.05, 4.69) is 15.3 Å². The van der Waals surface area contributed by atoms with Crippen molar-refractivity contribution in [2.24, 2.45) is 0 Å². The second kappa shape index (κ2) is 7.21. The van der Waals surface area contributed by atoms with Gasteiger partial charge >= 0.3 is 0 Å². The summed E-state index contributed by atoms with van der Waals surface area (Å²) in [5.41, 5.74) is 1.38. The van der Waals surface area contributed by atoms with Gasteiger partial charge in [0.25, 0.3) is 0 Å². The Morgan fingerprint density at radius 2 is 1.76 bits per heavy atom. The maximum Gasteiger partial charge on any atom is 0.122 e. The molecule has 0 spiro atoms. The first-order valence-corrected chi connectivity index (χ1v) is 4.86. The molecule has 1 aromatic heterocycles. The van der Waals surface area contributed by atoms with Gasteiger partial charge < -0.3 is 20.1 Å². The third-order valence-electron chi connectivity index (χ3n) is 2.05. The fourth-order valence-electron chi connectivity index (χ4n) is 1.24. The van der Waals surface area contributed by atoms with Gasteiger partial charge in [-0.05, 0) is 12.1 Å². The summed E-state index contributed by atoms with van der Waals surface area (Å²) in [6.45, 7) is 0.531. The summed E-state index contributed by atoms with van der Waals surface area (Å²) in [5.74, 6) is 0.642. The number of nitrogens with one attached hydrogen (secondary N) is 1. The van der Waals surface area contributed by atoms with Gasteiger partial charge in [-0.25, -0.2) is 0 Å². The predicted octanol–water partition coefficient (Wildman–Crippen LogP) is 1.55. The zero-order valence-corrected chi connectivity index (χ0v) is 13.2. The Kier molecular flexibility index (Phi) is 5.89. The summed E-state index contributed by atoms with van der Waals surface area (Å²) in [5, 5.41) is 3.17. The number of carbonyl (C=O) groups excluding carboxylic acids is 1. The molecule has 1 heterocycles. The Hall–Kier alpha value is -1.18. The maximum atomic E-state index is 10.3. The van der Waals surface area contributed by atoms with Crippen LogP contribution in [-0.2, 0) is 11.3 Å². The molecular weight excluding hydrogens is 440 g/mol. The Morgan fingerprint density at radius 3 is 2.35 bits per heavy atom. The van der Waals surface area contributed by atoms with E-state index in [-0.39, 0.29) is 31.1 Å². The number of hydrogen-bond donors (Lipinski definition) is 1. The SMILES string of the molecule is O=[C-]c1cnc(CNc2ccccc2)nc1.[U]. The summed E-state index contributed by atoms with van der Waals surface area (Å²) in [7, 11) is 0. The summed E-state index contributed by atoms with van der Waals surface area (Å²) in [4.78, 5) is 18.3. The van der Waals surface area contributed by atoms with E-state index < -0.39 is 0 Å². The molecule has 0 fully saturated rings. The molecule has 4 nitrogen and oxygen atoms in total. The van der Waals surface area contributed by atoms with Crippen LogP contribution in [0.15, 0.2) is 42.7 Å². The minimum absolute atomic E-state index is 0.